The number of halogens is 1. The largest absolute Gasteiger partial charge is 0.298 e. The molecule has 0 heterocycles. The second-order valence-corrected chi connectivity index (χ2v) is 3.30. The average Bonchev–Trinajstić information content (AvgIpc) is 2.01. The van der Waals surface area contributed by atoms with E-state index >= 15 is 0 Å². The van der Waals surface area contributed by atoms with Crippen molar-refractivity contribution in [1.82, 2.24) is 0 Å². The number of benzene rings is 1. The van der Waals surface area contributed by atoms with E-state index < -0.39 is 0 Å². The fourth-order valence-electron chi connectivity index (χ4n) is 1.34. The Labute approximate surface area is 81.5 Å². The first-order chi connectivity index (χ1) is 6.06. The monoisotopic (exact) mass is 196 g/mol. The third-order valence-corrected chi connectivity index (χ3v) is 2.03. The van der Waals surface area contributed by atoms with Crippen LogP contribution in [0.1, 0.15) is 33.2 Å². The summed E-state index contributed by atoms with van der Waals surface area (Å²) in [4.78, 5) is 21.8. The Morgan fingerprint density at radius 1 is 1.46 bits per heavy atom. The second-order valence-electron chi connectivity index (χ2n) is 2.86. The standard InChI is InChI=1S/C10H9ClO2/c1-6-3-9(11)4-8(5-12)10(6)7(2)13/h3-5H,1-2H3. The SMILES string of the molecule is CC(=O)c1c(C)cc(Cl)cc1C=O. The number of ketones is 1. The first kappa shape index (κ1) is 9.93. The molecule has 0 radical (unpaired) electrons. The van der Waals surface area contributed by atoms with Crippen molar-refractivity contribution >= 4 is 23.7 Å². The first-order valence-corrected chi connectivity index (χ1v) is 4.20. The van der Waals surface area contributed by atoms with Crippen LogP contribution in [0.15, 0.2) is 12.1 Å². The maximum absolute atomic E-state index is 11.2. The smallest absolute Gasteiger partial charge is 0.160 e. The van der Waals surface area contributed by atoms with E-state index in [9.17, 15) is 9.59 Å². The summed E-state index contributed by atoms with van der Waals surface area (Å²) in [6.45, 7) is 3.19. The van der Waals surface area contributed by atoms with Gasteiger partial charge in [0.15, 0.2) is 12.1 Å². The molecule has 0 aliphatic carbocycles. The molecule has 1 aromatic rings. The van der Waals surface area contributed by atoms with Gasteiger partial charge < -0.3 is 0 Å². The summed E-state index contributed by atoms with van der Waals surface area (Å²) in [5.41, 5.74) is 1.55. The molecule has 0 unspecified atom stereocenters. The number of Topliss-reactive ketones (excluding diaryl/α,β-unsaturated/α-hetero) is 1. The molecule has 0 spiro atoms. The minimum absolute atomic E-state index is 0.115. The van der Waals surface area contributed by atoms with Crippen molar-refractivity contribution in [3.8, 4) is 0 Å². The van der Waals surface area contributed by atoms with Crippen molar-refractivity contribution in [2.75, 3.05) is 0 Å². The molecule has 0 atom stereocenters. The van der Waals surface area contributed by atoms with Crippen LogP contribution < -0.4 is 0 Å². The maximum Gasteiger partial charge on any atom is 0.160 e. The molecule has 0 fully saturated rings. The Morgan fingerprint density at radius 3 is 2.54 bits per heavy atom. The summed E-state index contributed by atoms with van der Waals surface area (Å²) in [6.07, 6.45) is 0.648. The Balaban J connectivity index is 3.47. The third-order valence-electron chi connectivity index (χ3n) is 1.81. The summed E-state index contributed by atoms with van der Waals surface area (Å²) < 4.78 is 0. The van der Waals surface area contributed by atoms with E-state index in [-0.39, 0.29) is 5.78 Å². The van der Waals surface area contributed by atoms with Crippen molar-refractivity contribution in [3.63, 3.8) is 0 Å². The lowest BCUT2D eigenvalue weighted by Crippen LogP contribution is -2.01. The fourth-order valence-corrected chi connectivity index (χ4v) is 1.62. The molecule has 0 aliphatic rings. The molecule has 0 bridgehead atoms. The van der Waals surface area contributed by atoms with Gasteiger partial charge >= 0.3 is 0 Å². The zero-order valence-electron chi connectivity index (χ0n) is 7.43. The number of aryl methyl sites for hydroxylation is 1. The van der Waals surface area contributed by atoms with Crippen LogP contribution in [0.2, 0.25) is 5.02 Å². The summed E-state index contributed by atoms with van der Waals surface area (Å²) in [7, 11) is 0. The second kappa shape index (κ2) is 3.71. The first-order valence-electron chi connectivity index (χ1n) is 3.82. The molecule has 1 rings (SSSR count). The van der Waals surface area contributed by atoms with Gasteiger partial charge in [0, 0.05) is 16.1 Å². The highest BCUT2D eigenvalue weighted by Gasteiger charge is 2.10. The van der Waals surface area contributed by atoms with E-state index in [1.165, 1.54) is 13.0 Å². The average molecular weight is 197 g/mol. The van der Waals surface area contributed by atoms with Crippen LogP contribution in [0, 0.1) is 6.92 Å². The molecule has 1 aromatic carbocycles. The van der Waals surface area contributed by atoms with Crippen LogP contribution in [0.5, 0.6) is 0 Å². The van der Waals surface area contributed by atoms with E-state index in [0.29, 0.717) is 22.4 Å². The maximum atomic E-state index is 11.2. The third kappa shape index (κ3) is 1.95. The quantitative estimate of drug-likeness (QED) is 0.538. The van der Waals surface area contributed by atoms with Gasteiger partial charge in [0.1, 0.15) is 0 Å². The molecule has 0 saturated heterocycles. The summed E-state index contributed by atoms with van der Waals surface area (Å²) in [6, 6.07) is 3.17. The summed E-state index contributed by atoms with van der Waals surface area (Å²) in [5, 5.41) is 0.476. The van der Waals surface area contributed by atoms with Crippen LogP contribution in [-0.4, -0.2) is 12.1 Å². The lowest BCUT2D eigenvalue weighted by atomic mass is 10.00. The van der Waals surface area contributed by atoms with Gasteiger partial charge in [0.2, 0.25) is 0 Å². The highest BCUT2D eigenvalue weighted by Crippen LogP contribution is 2.19. The molecule has 0 saturated carbocycles. The number of hydrogen-bond acceptors (Lipinski definition) is 2. The van der Waals surface area contributed by atoms with Gasteiger partial charge in [-0.2, -0.15) is 0 Å². The van der Waals surface area contributed by atoms with Crippen LogP contribution in [-0.2, 0) is 0 Å². The number of carbonyl (C=O) groups is 2. The van der Waals surface area contributed by atoms with Crippen molar-refractivity contribution in [3.05, 3.63) is 33.8 Å². The molecule has 68 valence electrons. The zero-order chi connectivity index (χ0) is 10.0. The number of hydrogen-bond donors (Lipinski definition) is 0. The Hall–Kier alpha value is -1.15. The number of aldehydes is 1. The Bertz CT molecular complexity index is 369. The van der Waals surface area contributed by atoms with Gasteiger partial charge in [-0.1, -0.05) is 11.6 Å². The molecule has 0 amide bonds. The van der Waals surface area contributed by atoms with Crippen LogP contribution >= 0.6 is 11.6 Å². The zero-order valence-corrected chi connectivity index (χ0v) is 8.18. The minimum Gasteiger partial charge on any atom is -0.298 e. The molecular formula is C10H9ClO2. The van der Waals surface area contributed by atoms with Crippen LogP contribution in [0.3, 0.4) is 0 Å². The highest BCUT2D eigenvalue weighted by molar-refractivity contribution is 6.31. The van der Waals surface area contributed by atoms with Crippen LogP contribution in [0.25, 0.3) is 0 Å². The highest BCUT2D eigenvalue weighted by atomic mass is 35.5. The number of rotatable bonds is 2. The van der Waals surface area contributed by atoms with E-state index in [0.717, 1.165) is 5.56 Å². The Kier molecular flexibility index (Phi) is 2.83. The molecule has 13 heavy (non-hydrogen) atoms. The van der Waals surface area contributed by atoms with E-state index in [4.69, 9.17) is 11.6 Å². The molecule has 2 nitrogen and oxygen atoms in total. The predicted octanol–water partition coefficient (Wildman–Crippen LogP) is 2.66. The van der Waals surface area contributed by atoms with E-state index in [1.807, 2.05) is 0 Å². The van der Waals surface area contributed by atoms with Gasteiger partial charge in [-0.05, 0) is 31.5 Å². The molecule has 0 N–H and O–H groups in total. The molecular weight excluding hydrogens is 188 g/mol. The molecule has 3 heteroatoms. The van der Waals surface area contributed by atoms with Gasteiger partial charge in [0.05, 0.1) is 0 Å². The van der Waals surface area contributed by atoms with Gasteiger partial charge in [-0.15, -0.1) is 0 Å². The van der Waals surface area contributed by atoms with E-state index in [1.54, 1.807) is 13.0 Å². The summed E-state index contributed by atoms with van der Waals surface area (Å²) >= 11 is 5.74. The topological polar surface area (TPSA) is 34.1 Å². The normalized spacial score (nSPS) is 9.77. The van der Waals surface area contributed by atoms with Crippen LogP contribution in [0.4, 0.5) is 0 Å². The van der Waals surface area contributed by atoms with Gasteiger partial charge in [-0.25, -0.2) is 0 Å². The lowest BCUT2D eigenvalue weighted by Gasteiger charge is -2.05. The van der Waals surface area contributed by atoms with Crippen molar-refractivity contribution in [2.24, 2.45) is 0 Å². The minimum atomic E-state index is -0.115. The van der Waals surface area contributed by atoms with Crippen molar-refractivity contribution < 1.29 is 9.59 Å². The van der Waals surface area contributed by atoms with Gasteiger partial charge in [-0.3, -0.25) is 9.59 Å². The van der Waals surface area contributed by atoms with E-state index in [2.05, 4.69) is 0 Å². The number of carbonyl (C=O) groups excluding carboxylic acids is 2. The molecule has 0 aliphatic heterocycles. The van der Waals surface area contributed by atoms with Crippen molar-refractivity contribution in [1.29, 1.82) is 0 Å². The predicted molar refractivity (Wildman–Crippen MR) is 51.6 cm³/mol. The fraction of sp³-hybridized carbons (Fsp3) is 0.200. The van der Waals surface area contributed by atoms with Gasteiger partial charge in [0.25, 0.3) is 0 Å². The summed E-state index contributed by atoms with van der Waals surface area (Å²) in [5.74, 6) is -0.115. The van der Waals surface area contributed by atoms with Crippen molar-refractivity contribution in [2.45, 2.75) is 13.8 Å². The Morgan fingerprint density at radius 2 is 2.08 bits per heavy atom. The molecule has 0 aromatic heterocycles. The lowest BCUT2D eigenvalue weighted by molar-refractivity contribution is 0.100.